The van der Waals surface area contributed by atoms with Crippen molar-refractivity contribution >= 4 is 24.4 Å². The van der Waals surface area contributed by atoms with Gasteiger partial charge in [-0.1, -0.05) is 59.4 Å². The van der Waals surface area contributed by atoms with E-state index in [0.717, 1.165) is 21.3 Å². The van der Waals surface area contributed by atoms with Crippen LogP contribution >= 0.6 is 24.4 Å². The van der Waals surface area contributed by atoms with Crippen LogP contribution in [0, 0.1) is 6.57 Å². The fourth-order valence-electron chi connectivity index (χ4n) is 1.47. The van der Waals surface area contributed by atoms with Crippen molar-refractivity contribution in [1.29, 1.82) is 0 Å². The minimum atomic E-state index is 0. The van der Waals surface area contributed by atoms with Crippen molar-refractivity contribution in [3.8, 4) is 11.5 Å². The standard InChI is InChI=1S/C9H9NOS.C7H8OS.C3H8.2CH4/c1-10-7-12-9-6-4-3-5-8(9)11-2;1-8-6-4-2-3-5-7(6)9;1-3-2;;/h3-6H,7H2,2H3;2-5,9H,1H3;3H2,1-2H3;2*1H4. The molecule has 0 atom stereocenters. The van der Waals surface area contributed by atoms with Gasteiger partial charge in [0.25, 0.3) is 5.88 Å². The zero-order valence-corrected chi connectivity index (χ0v) is 16.4. The van der Waals surface area contributed by atoms with E-state index in [1.54, 1.807) is 14.2 Å². The normalized spacial score (nSPS) is 8.00. The molecule has 0 heterocycles. The molecule has 0 bridgehead atoms. The van der Waals surface area contributed by atoms with Gasteiger partial charge in [0, 0.05) is 4.90 Å². The number of benzene rings is 2. The molecule has 2 aromatic carbocycles. The van der Waals surface area contributed by atoms with Gasteiger partial charge in [0.2, 0.25) is 0 Å². The molecule has 5 heteroatoms. The minimum Gasteiger partial charge on any atom is -0.496 e. The molecule has 0 aliphatic carbocycles. The Hall–Kier alpha value is -1.77. The fourth-order valence-corrected chi connectivity index (χ4v) is 2.39. The van der Waals surface area contributed by atoms with Gasteiger partial charge in [-0.15, -0.1) is 12.6 Å². The van der Waals surface area contributed by atoms with E-state index in [1.807, 2.05) is 48.5 Å². The van der Waals surface area contributed by atoms with Crippen LogP contribution in [0.25, 0.3) is 4.85 Å². The summed E-state index contributed by atoms with van der Waals surface area (Å²) in [4.78, 5) is 5.16. The second-order valence-corrected chi connectivity index (χ2v) is 5.93. The lowest BCUT2D eigenvalue weighted by atomic mass is 10.3. The van der Waals surface area contributed by atoms with Gasteiger partial charge in [-0.25, -0.2) is 6.57 Å². The number of ether oxygens (including phenoxy) is 2. The lowest BCUT2D eigenvalue weighted by Gasteiger charge is -2.03. The van der Waals surface area contributed by atoms with E-state index in [2.05, 4.69) is 31.3 Å². The average molecular weight is 396 g/mol. The summed E-state index contributed by atoms with van der Waals surface area (Å²) >= 11 is 5.65. The Kier molecular flexibility index (Phi) is 21.8. The molecule has 0 aliphatic rings. The van der Waals surface area contributed by atoms with Crippen LogP contribution in [0.15, 0.2) is 58.3 Å². The zero-order valence-electron chi connectivity index (χ0n) is 14.7. The molecular weight excluding hydrogens is 362 g/mol. The molecule has 26 heavy (non-hydrogen) atoms. The summed E-state index contributed by atoms with van der Waals surface area (Å²) in [5.41, 5.74) is 0. The average Bonchev–Trinajstić information content (AvgIpc) is 2.62. The number of thioether (sulfide) groups is 1. The van der Waals surface area contributed by atoms with E-state index in [-0.39, 0.29) is 14.9 Å². The monoisotopic (exact) mass is 395 g/mol. The first kappa shape index (κ1) is 29.0. The lowest BCUT2D eigenvalue weighted by Crippen LogP contribution is -1.84. The van der Waals surface area contributed by atoms with Crippen LogP contribution in [0.5, 0.6) is 11.5 Å². The summed E-state index contributed by atoms with van der Waals surface area (Å²) in [5, 5.41) is 0. The fraction of sp³-hybridized carbons (Fsp3) is 0.381. The topological polar surface area (TPSA) is 22.8 Å². The highest BCUT2D eigenvalue weighted by Crippen LogP contribution is 2.28. The van der Waals surface area contributed by atoms with E-state index < -0.39 is 0 Å². The van der Waals surface area contributed by atoms with Crippen LogP contribution in [0.3, 0.4) is 0 Å². The number of para-hydroxylation sites is 2. The van der Waals surface area contributed by atoms with Crippen molar-refractivity contribution in [3.05, 3.63) is 59.9 Å². The van der Waals surface area contributed by atoms with Gasteiger partial charge in [0.05, 0.1) is 19.1 Å². The van der Waals surface area contributed by atoms with Gasteiger partial charge >= 0.3 is 0 Å². The predicted molar refractivity (Wildman–Crippen MR) is 120 cm³/mol. The third-order valence-electron chi connectivity index (χ3n) is 2.44. The summed E-state index contributed by atoms with van der Waals surface area (Å²) < 4.78 is 10.1. The third-order valence-corrected chi connectivity index (χ3v) is 3.71. The van der Waals surface area contributed by atoms with Gasteiger partial charge in [0.15, 0.2) is 0 Å². The quantitative estimate of drug-likeness (QED) is 0.333. The first-order valence-corrected chi connectivity index (χ1v) is 8.98. The summed E-state index contributed by atoms with van der Waals surface area (Å²) in [6, 6.07) is 15.3. The maximum absolute atomic E-state index is 6.64. The molecule has 2 aromatic rings. The largest absolute Gasteiger partial charge is 0.496 e. The molecule has 0 spiro atoms. The van der Waals surface area contributed by atoms with E-state index in [9.17, 15) is 0 Å². The summed E-state index contributed by atoms with van der Waals surface area (Å²) in [7, 11) is 3.27. The van der Waals surface area contributed by atoms with Crippen molar-refractivity contribution in [3.63, 3.8) is 0 Å². The number of rotatable bonds is 4. The molecule has 0 saturated carbocycles. The number of methoxy groups -OCH3 is 2. The van der Waals surface area contributed by atoms with E-state index in [1.165, 1.54) is 18.2 Å². The van der Waals surface area contributed by atoms with Gasteiger partial charge in [0.1, 0.15) is 11.5 Å². The molecule has 0 aromatic heterocycles. The van der Waals surface area contributed by atoms with Crippen molar-refractivity contribution in [2.45, 2.75) is 44.9 Å². The summed E-state index contributed by atoms with van der Waals surface area (Å²) in [6.07, 6.45) is 1.25. The molecule has 146 valence electrons. The van der Waals surface area contributed by atoms with E-state index in [0.29, 0.717) is 5.88 Å². The van der Waals surface area contributed by atoms with Crippen molar-refractivity contribution in [2.75, 3.05) is 20.1 Å². The van der Waals surface area contributed by atoms with Gasteiger partial charge in [-0.3, -0.25) is 0 Å². The molecule has 0 N–H and O–H groups in total. The van der Waals surface area contributed by atoms with E-state index in [4.69, 9.17) is 16.0 Å². The first-order chi connectivity index (χ1) is 11.6. The molecule has 0 aliphatic heterocycles. The third kappa shape index (κ3) is 12.6. The zero-order chi connectivity index (χ0) is 18.2. The molecule has 3 nitrogen and oxygen atoms in total. The smallest absolute Gasteiger partial charge is 0.264 e. The number of hydrogen-bond acceptors (Lipinski definition) is 4. The van der Waals surface area contributed by atoms with E-state index >= 15 is 0 Å². The van der Waals surface area contributed by atoms with Gasteiger partial charge in [-0.05, 0) is 36.0 Å². The summed E-state index contributed by atoms with van der Waals surface area (Å²) in [5.74, 6) is 2.10. The predicted octanol–water partition coefficient (Wildman–Crippen LogP) is 7.34. The highest BCUT2D eigenvalue weighted by Gasteiger charge is 2.01. The highest BCUT2D eigenvalue weighted by molar-refractivity contribution is 7.99. The lowest BCUT2D eigenvalue weighted by molar-refractivity contribution is 0.405. The first-order valence-electron chi connectivity index (χ1n) is 7.55. The molecule has 0 saturated heterocycles. The maximum Gasteiger partial charge on any atom is 0.264 e. The molecule has 0 unspecified atom stereocenters. The second-order valence-electron chi connectivity index (χ2n) is 4.46. The van der Waals surface area contributed by atoms with Crippen molar-refractivity contribution < 1.29 is 9.47 Å². The SMILES string of the molecule is C.C.CCC.COc1ccccc1S.[C-]#[N+]CSc1ccccc1OC. The maximum atomic E-state index is 6.64. The molecule has 2 rings (SSSR count). The Bertz CT molecular complexity index is 613. The van der Waals surface area contributed by atoms with Crippen LogP contribution in [0.2, 0.25) is 0 Å². The van der Waals surface area contributed by atoms with Crippen molar-refractivity contribution in [2.24, 2.45) is 0 Å². The number of thiol groups is 1. The molecule has 0 fully saturated rings. The molecule has 0 amide bonds. The number of nitrogens with zero attached hydrogens (tertiary/aromatic N) is 1. The number of hydrogen-bond donors (Lipinski definition) is 1. The second kappa shape index (κ2) is 19.6. The molecular formula is C21H33NO2S2. The molecule has 0 radical (unpaired) electrons. The Morgan fingerprint density at radius 1 is 0.923 bits per heavy atom. The highest BCUT2D eigenvalue weighted by atomic mass is 32.2. The Morgan fingerprint density at radius 3 is 1.81 bits per heavy atom. The van der Waals surface area contributed by atoms with Crippen LogP contribution in [0.1, 0.15) is 35.1 Å². The Morgan fingerprint density at radius 2 is 1.38 bits per heavy atom. The van der Waals surface area contributed by atoms with Crippen LogP contribution < -0.4 is 9.47 Å². The Balaban J connectivity index is -0.000000339. The Labute approximate surface area is 170 Å². The van der Waals surface area contributed by atoms with Gasteiger partial charge < -0.3 is 14.3 Å². The van der Waals surface area contributed by atoms with Crippen LogP contribution in [-0.4, -0.2) is 20.1 Å². The van der Waals surface area contributed by atoms with Crippen LogP contribution in [-0.2, 0) is 0 Å². The summed E-state index contributed by atoms with van der Waals surface area (Å²) in [6.45, 7) is 10.9. The van der Waals surface area contributed by atoms with Crippen molar-refractivity contribution in [1.82, 2.24) is 0 Å². The van der Waals surface area contributed by atoms with Gasteiger partial charge in [-0.2, -0.15) is 0 Å². The minimum absolute atomic E-state index is 0. The van der Waals surface area contributed by atoms with Crippen LogP contribution in [0.4, 0.5) is 0 Å².